The summed E-state index contributed by atoms with van der Waals surface area (Å²) in [5, 5.41) is 0. The molecular formula is C7H11F4O. The highest BCUT2D eigenvalue weighted by Gasteiger charge is 2.41. The van der Waals surface area contributed by atoms with Gasteiger partial charge in [0.05, 0.1) is 6.61 Å². The third-order valence-electron chi connectivity index (χ3n) is 1.19. The maximum atomic E-state index is 12.0. The smallest absolute Gasteiger partial charge is 0.316 e. The van der Waals surface area contributed by atoms with Gasteiger partial charge in [0.2, 0.25) is 0 Å². The molecule has 0 aliphatic carbocycles. The summed E-state index contributed by atoms with van der Waals surface area (Å²) in [5.74, 6) is 0. The van der Waals surface area contributed by atoms with Gasteiger partial charge in [-0.15, -0.1) is 0 Å². The molecule has 5 heteroatoms. The second-order valence-electron chi connectivity index (χ2n) is 2.27. The SMILES string of the molecule is [CH2]CCCCOC(F)(F)C(F)F. The second-order valence-corrected chi connectivity index (χ2v) is 2.27. The second kappa shape index (κ2) is 5.35. The van der Waals surface area contributed by atoms with Crippen LogP contribution in [0, 0.1) is 6.92 Å². The van der Waals surface area contributed by atoms with Crippen molar-refractivity contribution in [2.45, 2.75) is 31.8 Å². The molecule has 0 aliphatic heterocycles. The molecule has 1 radical (unpaired) electrons. The first-order chi connectivity index (χ1) is 5.50. The van der Waals surface area contributed by atoms with Gasteiger partial charge in [0, 0.05) is 0 Å². The van der Waals surface area contributed by atoms with Gasteiger partial charge in [0.1, 0.15) is 0 Å². The fourth-order valence-corrected chi connectivity index (χ4v) is 0.550. The topological polar surface area (TPSA) is 9.23 Å². The van der Waals surface area contributed by atoms with Crippen LogP contribution in [-0.4, -0.2) is 19.1 Å². The van der Waals surface area contributed by atoms with E-state index in [9.17, 15) is 17.6 Å². The van der Waals surface area contributed by atoms with E-state index in [1.807, 2.05) is 0 Å². The Balaban J connectivity index is 3.47. The zero-order chi connectivity index (χ0) is 9.61. The minimum absolute atomic E-state index is 0.325. The van der Waals surface area contributed by atoms with E-state index in [0.29, 0.717) is 19.3 Å². The summed E-state index contributed by atoms with van der Waals surface area (Å²) in [6.07, 6.45) is -6.55. The van der Waals surface area contributed by atoms with E-state index in [-0.39, 0.29) is 6.61 Å². The van der Waals surface area contributed by atoms with Gasteiger partial charge in [0.15, 0.2) is 0 Å². The third-order valence-corrected chi connectivity index (χ3v) is 1.19. The van der Waals surface area contributed by atoms with E-state index in [1.165, 1.54) is 0 Å². The molecule has 0 rings (SSSR count). The number of unbranched alkanes of at least 4 members (excludes halogenated alkanes) is 2. The van der Waals surface area contributed by atoms with Crippen molar-refractivity contribution in [1.29, 1.82) is 0 Å². The van der Waals surface area contributed by atoms with Crippen LogP contribution >= 0.6 is 0 Å². The van der Waals surface area contributed by atoms with Gasteiger partial charge in [-0.05, 0) is 6.42 Å². The number of halogens is 4. The summed E-state index contributed by atoms with van der Waals surface area (Å²) in [7, 11) is 0. The lowest BCUT2D eigenvalue weighted by molar-refractivity contribution is -0.300. The van der Waals surface area contributed by atoms with Crippen LogP contribution in [-0.2, 0) is 4.74 Å². The average molecular weight is 187 g/mol. The lowest BCUT2D eigenvalue weighted by Gasteiger charge is -2.14. The van der Waals surface area contributed by atoms with Crippen LogP contribution in [0.4, 0.5) is 17.6 Å². The Labute approximate surface area is 68.7 Å². The van der Waals surface area contributed by atoms with Crippen molar-refractivity contribution >= 4 is 0 Å². The van der Waals surface area contributed by atoms with Crippen LogP contribution in [0.2, 0.25) is 0 Å². The zero-order valence-electron chi connectivity index (χ0n) is 6.53. The van der Waals surface area contributed by atoms with Crippen LogP contribution in [0.1, 0.15) is 19.3 Å². The Kier molecular flexibility index (Phi) is 5.20. The number of hydrogen-bond donors (Lipinski definition) is 0. The van der Waals surface area contributed by atoms with E-state index < -0.39 is 12.5 Å². The summed E-state index contributed by atoms with van der Waals surface area (Å²) in [6.45, 7) is 3.11. The Hall–Kier alpha value is -0.320. The number of alkyl halides is 4. The van der Waals surface area contributed by atoms with E-state index in [2.05, 4.69) is 11.7 Å². The molecule has 12 heavy (non-hydrogen) atoms. The largest absolute Gasteiger partial charge is 0.416 e. The van der Waals surface area contributed by atoms with Gasteiger partial charge in [-0.3, -0.25) is 0 Å². The Morgan fingerprint density at radius 3 is 2.25 bits per heavy atom. The van der Waals surface area contributed by atoms with E-state index in [4.69, 9.17) is 0 Å². The standard InChI is InChI=1S/C7H11F4O/c1-2-3-4-5-12-7(10,11)6(8)9/h6H,1-5H2. The van der Waals surface area contributed by atoms with Gasteiger partial charge in [0.25, 0.3) is 0 Å². The minimum Gasteiger partial charge on any atom is -0.316 e. The highest BCUT2D eigenvalue weighted by Crippen LogP contribution is 2.24. The first kappa shape index (κ1) is 11.7. The minimum atomic E-state index is -4.30. The molecular weight excluding hydrogens is 176 g/mol. The van der Waals surface area contributed by atoms with Crippen molar-refractivity contribution < 1.29 is 22.3 Å². The Bertz CT molecular complexity index is 116. The molecule has 0 bridgehead atoms. The molecule has 0 saturated carbocycles. The number of ether oxygens (including phenoxy) is 1. The lowest BCUT2D eigenvalue weighted by Crippen LogP contribution is -2.30. The van der Waals surface area contributed by atoms with Crippen molar-refractivity contribution in [3.8, 4) is 0 Å². The predicted octanol–water partition coefficient (Wildman–Crippen LogP) is 2.87. The molecule has 73 valence electrons. The van der Waals surface area contributed by atoms with E-state index in [1.54, 1.807) is 0 Å². The monoisotopic (exact) mass is 187 g/mol. The molecule has 0 N–H and O–H groups in total. The van der Waals surface area contributed by atoms with Crippen molar-refractivity contribution in [2.24, 2.45) is 0 Å². The highest BCUT2D eigenvalue weighted by atomic mass is 19.3. The molecule has 0 spiro atoms. The summed E-state index contributed by atoms with van der Waals surface area (Å²) in [6, 6.07) is 0. The summed E-state index contributed by atoms with van der Waals surface area (Å²) in [4.78, 5) is 0. The Morgan fingerprint density at radius 2 is 1.83 bits per heavy atom. The molecule has 0 saturated heterocycles. The molecule has 1 nitrogen and oxygen atoms in total. The maximum Gasteiger partial charge on any atom is 0.416 e. The predicted molar refractivity (Wildman–Crippen MR) is 36.1 cm³/mol. The summed E-state index contributed by atoms with van der Waals surface area (Å²) >= 11 is 0. The first-order valence-electron chi connectivity index (χ1n) is 3.60. The fraction of sp³-hybridized carbons (Fsp3) is 0.857. The molecule has 0 aliphatic rings. The summed E-state index contributed by atoms with van der Waals surface area (Å²) in [5.41, 5.74) is 0. The Morgan fingerprint density at radius 1 is 1.25 bits per heavy atom. The third kappa shape index (κ3) is 4.54. The van der Waals surface area contributed by atoms with Gasteiger partial charge >= 0.3 is 12.5 Å². The molecule has 0 aromatic heterocycles. The maximum absolute atomic E-state index is 12.0. The van der Waals surface area contributed by atoms with Crippen molar-refractivity contribution in [3.63, 3.8) is 0 Å². The number of rotatable bonds is 6. The molecule has 0 fully saturated rings. The first-order valence-corrected chi connectivity index (χ1v) is 3.60. The van der Waals surface area contributed by atoms with E-state index in [0.717, 1.165) is 0 Å². The highest BCUT2D eigenvalue weighted by molar-refractivity contribution is 4.55. The van der Waals surface area contributed by atoms with Crippen LogP contribution < -0.4 is 0 Å². The molecule has 0 amide bonds. The zero-order valence-corrected chi connectivity index (χ0v) is 6.53. The molecule has 0 aromatic carbocycles. The van der Waals surface area contributed by atoms with Gasteiger partial charge in [-0.1, -0.05) is 19.8 Å². The molecule has 0 heterocycles. The molecule has 0 atom stereocenters. The van der Waals surface area contributed by atoms with Crippen LogP contribution in [0.3, 0.4) is 0 Å². The van der Waals surface area contributed by atoms with Gasteiger partial charge in [-0.2, -0.15) is 8.78 Å². The van der Waals surface area contributed by atoms with Crippen molar-refractivity contribution in [1.82, 2.24) is 0 Å². The summed E-state index contributed by atoms with van der Waals surface area (Å²) < 4.78 is 50.5. The normalized spacial score (nSPS) is 12.5. The lowest BCUT2D eigenvalue weighted by atomic mass is 10.3. The van der Waals surface area contributed by atoms with Crippen LogP contribution in [0.15, 0.2) is 0 Å². The van der Waals surface area contributed by atoms with Gasteiger partial charge in [-0.25, -0.2) is 8.78 Å². The quantitative estimate of drug-likeness (QED) is 0.459. The van der Waals surface area contributed by atoms with Crippen LogP contribution in [0.25, 0.3) is 0 Å². The van der Waals surface area contributed by atoms with E-state index >= 15 is 0 Å². The average Bonchev–Trinajstić information content (AvgIpc) is 1.98. The van der Waals surface area contributed by atoms with Crippen molar-refractivity contribution in [3.05, 3.63) is 6.92 Å². The number of hydrogen-bond acceptors (Lipinski definition) is 1. The fourth-order valence-electron chi connectivity index (χ4n) is 0.550. The molecule has 0 aromatic rings. The van der Waals surface area contributed by atoms with Crippen LogP contribution in [0.5, 0.6) is 0 Å². The van der Waals surface area contributed by atoms with Crippen molar-refractivity contribution in [2.75, 3.05) is 6.61 Å². The van der Waals surface area contributed by atoms with Gasteiger partial charge < -0.3 is 4.74 Å². The molecule has 0 unspecified atom stereocenters.